The minimum absolute atomic E-state index is 1.01. The molecule has 0 spiro atoms. The summed E-state index contributed by atoms with van der Waals surface area (Å²) in [4.78, 5) is 0. The van der Waals surface area contributed by atoms with Gasteiger partial charge in [0.1, 0.15) is 0 Å². The summed E-state index contributed by atoms with van der Waals surface area (Å²) >= 11 is 1.47. The van der Waals surface area contributed by atoms with E-state index in [1.54, 1.807) is 5.20 Å². The van der Waals surface area contributed by atoms with E-state index in [1.807, 2.05) is 0 Å². The van der Waals surface area contributed by atoms with Crippen LogP contribution in [0, 0.1) is 10.4 Å². The number of rotatable bonds is 4. The molecule has 0 amide bonds. The fourth-order valence-corrected chi connectivity index (χ4v) is 8.10. The molecule has 0 N–H and O–H groups in total. The van der Waals surface area contributed by atoms with E-state index in [4.69, 9.17) is 0 Å². The van der Waals surface area contributed by atoms with Gasteiger partial charge in [-0.25, -0.2) is 0 Å². The van der Waals surface area contributed by atoms with Crippen LogP contribution in [0.1, 0.15) is 28.7 Å². The van der Waals surface area contributed by atoms with Gasteiger partial charge in [0, 0.05) is 0 Å². The molecule has 0 unspecified atom stereocenters. The SMILES string of the molecule is C[Si](C)(C)C1=CCC(c2c3c(ccc2=C(c2ccccc2)c2ccccc2)=c2ccccc2=[C]3[Zr])=C1. The molecule has 0 radical (unpaired) electrons. The summed E-state index contributed by atoms with van der Waals surface area (Å²) < 4.78 is 1.48. The van der Waals surface area contributed by atoms with Crippen molar-refractivity contribution in [2.75, 3.05) is 0 Å². The number of hydrogen-bond acceptors (Lipinski definition) is 0. The summed E-state index contributed by atoms with van der Waals surface area (Å²) in [5.74, 6) is 0. The normalized spacial score (nSPS) is 14.2. The van der Waals surface area contributed by atoms with Crippen molar-refractivity contribution in [1.29, 1.82) is 0 Å². The molecule has 4 aromatic rings. The quantitative estimate of drug-likeness (QED) is 0.242. The molecule has 0 saturated carbocycles. The van der Waals surface area contributed by atoms with E-state index in [2.05, 4.69) is 129 Å². The summed E-state index contributed by atoms with van der Waals surface area (Å²) in [6.45, 7) is 7.37. The zero-order valence-electron chi connectivity index (χ0n) is 21.1. The number of fused-ring (bicyclic) bond motifs is 2. The third kappa shape index (κ3) is 4.01. The minimum atomic E-state index is -1.40. The van der Waals surface area contributed by atoms with Crippen LogP contribution in [0.15, 0.2) is 114 Å². The Morgan fingerprint density at radius 3 is 1.81 bits per heavy atom. The number of benzene rings is 4. The monoisotopic (exact) mass is 555 g/mol. The van der Waals surface area contributed by atoms with Gasteiger partial charge >= 0.3 is 231 Å². The van der Waals surface area contributed by atoms with Gasteiger partial charge in [0.25, 0.3) is 0 Å². The molecular weight excluding hydrogens is 528 g/mol. The van der Waals surface area contributed by atoms with Gasteiger partial charge in [0.2, 0.25) is 0 Å². The van der Waals surface area contributed by atoms with E-state index in [0.29, 0.717) is 0 Å². The molecule has 36 heavy (non-hydrogen) atoms. The molecule has 2 heteroatoms. The second-order valence-electron chi connectivity index (χ2n) is 10.7. The van der Waals surface area contributed by atoms with Gasteiger partial charge in [-0.15, -0.1) is 0 Å². The van der Waals surface area contributed by atoms with Gasteiger partial charge in [-0.1, -0.05) is 0 Å². The third-order valence-corrected chi connectivity index (χ3v) is 10.8. The summed E-state index contributed by atoms with van der Waals surface area (Å²) in [5.41, 5.74) is 8.20. The van der Waals surface area contributed by atoms with Gasteiger partial charge in [-0.05, 0) is 0 Å². The van der Waals surface area contributed by atoms with Crippen LogP contribution >= 0.6 is 0 Å². The Labute approximate surface area is 229 Å². The first-order chi connectivity index (χ1) is 17.4. The van der Waals surface area contributed by atoms with Gasteiger partial charge in [-0.3, -0.25) is 0 Å². The van der Waals surface area contributed by atoms with E-state index in [9.17, 15) is 0 Å². The molecule has 6 rings (SSSR count). The van der Waals surface area contributed by atoms with Crippen molar-refractivity contribution in [2.45, 2.75) is 26.1 Å². The number of allylic oxidation sites excluding steroid dienone is 4. The van der Waals surface area contributed by atoms with E-state index < -0.39 is 8.07 Å². The topological polar surface area (TPSA) is 0 Å². The predicted octanol–water partition coefficient (Wildman–Crippen LogP) is 6.83. The molecule has 0 heterocycles. The van der Waals surface area contributed by atoms with Crippen molar-refractivity contribution in [1.82, 2.24) is 0 Å². The zero-order valence-corrected chi connectivity index (χ0v) is 24.6. The summed E-state index contributed by atoms with van der Waals surface area (Å²) in [7, 11) is -1.40. The molecule has 0 fully saturated rings. The zero-order chi connectivity index (χ0) is 24.9. The van der Waals surface area contributed by atoms with Crippen LogP contribution in [0.3, 0.4) is 0 Å². The Kier molecular flexibility index (Phi) is 6.06. The Hall–Kier alpha value is -2.80. The van der Waals surface area contributed by atoms with E-state index in [0.717, 1.165) is 6.42 Å². The van der Waals surface area contributed by atoms with Crippen molar-refractivity contribution in [3.8, 4) is 0 Å². The molecule has 0 bridgehead atoms. The van der Waals surface area contributed by atoms with Gasteiger partial charge < -0.3 is 0 Å². The Balaban J connectivity index is 1.80. The first kappa shape index (κ1) is 23.6. The fourth-order valence-electron chi connectivity index (χ4n) is 5.61. The molecule has 2 aliphatic rings. The van der Waals surface area contributed by atoms with Crippen LogP contribution in [0.2, 0.25) is 19.6 Å². The molecular formula is C34H29SiZr. The average Bonchev–Trinajstić information content (AvgIpc) is 3.50. The second kappa shape index (κ2) is 9.25. The van der Waals surface area contributed by atoms with Gasteiger partial charge in [0.15, 0.2) is 0 Å². The Bertz CT molecular complexity index is 1730. The molecule has 4 aromatic carbocycles. The third-order valence-electron chi connectivity index (χ3n) is 7.39. The van der Waals surface area contributed by atoms with E-state index in [-0.39, 0.29) is 0 Å². The van der Waals surface area contributed by atoms with E-state index in [1.165, 1.54) is 82.3 Å². The maximum absolute atomic E-state index is 2.53. The van der Waals surface area contributed by atoms with Crippen LogP contribution in [-0.2, 0) is 24.7 Å². The fraction of sp³-hybridized carbons (Fsp3) is 0.118. The van der Waals surface area contributed by atoms with Crippen LogP contribution in [0.4, 0.5) is 0 Å². The van der Waals surface area contributed by atoms with Crippen molar-refractivity contribution in [3.05, 3.63) is 158 Å². The second-order valence-corrected chi connectivity index (χ2v) is 17.0. The molecule has 2 aliphatic carbocycles. The molecule has 0 nitrogen and oxygen atoms in total. The Morgan fingerprint density at radius 2 is 1.22 bits per heavy atom. The van der Waals surface area contributed by atoms with Crippen LogP contribution in [-0.4, -0.2) is 8.07 Å². The average molecular weight is 557 g/mol. The van der Waals surface area contributed by atoms with Crippen LogP contribution in [0.25, 0.3) is 14.4 Å². The van der Waals surface area contributed by atoms with Crippen molar-refractivity contribution < 1.29 is 24.7 Å². The molecule has 0 atom stereocenters. The van der Waals surface area contributed by atoms with Crippen molar-refractivity contribution in [3.63, 3.8) is 0 Å². The first-order valence-corrected chi connectivity index (χ1v) is 17.4. The van der Waals surface area contributed by atoms with Crippen molar-refractivity contribution in [2.24, 2.45) is 0 Å². The molecule has 0 aliphatic heterocycles. The standard InChI is InChI=1S/C34H29Si.Zr/c1-35(2,3)28-19-18-27(22-28)34-31(21-20-30-29-17-11-10-16-26(29)23-32(30)34)33(24-12-6-4-7-13-24)25-14-8-5-9-15-25;/h4-17,19-22H,18H2,1-3H3;. The summed E-state index contributed by atoms with van der Waals surface area (Å²) in [6, 6.07) is 35.6. The first-order valence-electron chi connectivity index (χ1n) is 12.7. The molecule has 173 valence electrons. The molecule has 0 aromatic heterocycles. The maximum atomic E-state index is 2.53. The Morgan fingerprint density at radius 1 is 0.639 bits per heavy atom. The van der Waals surface area contributed by atoms with Gasteiger partial charge in [-0.2, -0.15) is 0 Å². The number of hydrogen-bond donors (Lipinski definition) is 0. The van der Waals surface area contributed by atoms with Crippen molar-refractivity contribution >= 4 is 22.5 Å². The van der Waals surface area contributed by atoms with Crippen LogP contribution < -0.4 is 10.4 Å². The molecule has 0 saturated heterocycles. The summed E-state index contributed by atoms with van der Waals surface area (Å²) in [5, 5.41) is 7.09. The predicted molar refractivity (Wildman–Crippen MR) is 151 cm³/mol. The summed E-state index contributed by atoms with van der Waals surface area (Å²) in [6.07, 6.45) is 6.05. The van der Waals surface area contributed by atoms with Crippen LogP contribution in [0.5, 0.6) is 0 Å². The van der Waals surface area contributed by atoms with E-state index >= 15 is 0 Å². The van der Waals surface area contributed by atoms with Gasteiger partial charge in [0.05, 0.1) is 0 Å².